The fourth-order valence-corrected chi connectivity index (χ4v) is 3.81. The fourth-order valence-electron chi connectivity index (χ4n) is 2.07. The molecule has 1 N–H and O–H groups in total. The minimum absolute atomic E-state index is 0.105. The molecule has 0 amide bonds. The largest absolute Gasteiger partial charge is 0.395 e. The molecular formula is C10H16N2O3S. The zero-order chi connectivity index (χ0) is 11.8. The lowest BCUT2D eigenvalue weighted by Crippen LogP contribution is -2.37. The fraction of sp³-hybridized carbons (Fsp3) is 0.600. The van der Waals surface area contributed by atoms with E-state index in [1.54, 1.807) is 30.1 Å². The molecule has 0 spiro atoms. The van der Waals surface area contributed by atoms with E-state index in [0.29, 0.717) is 11.4 Å². The summed E-state index contributed by atoms with van der Waals surface area (Å²) in [7, 11) is -1.64. The van der Waals surface area contributed by atoms with Crippen molar-refractivity contribution in [2.75, 3.05) is 13.2 Å². The third kappa shape index (κ3) is 1.88. The highest BCUT2D eigenvalue weighted by Gasteiger charge is 2.34. The number of aryl methyl sites for hydroxylation is 1. The second-order valence-corrected chi connectivity index (χ2v) is 6.00. The first-order valence-electron chi connectivity index (χ1n) is 5.30. The molecule has 1 atom stereocenters. The van der Waals surface area contributed by atoms with Gasteiger partial charge in [-0.15, -0.1) is 0 Å². The van der Waals surface area contributed by atoms with Crippen molar-refractivity contribution in [1.29, 1.82) is 0 Å². The summed E-state index contributed by atoms with van der Waals surface area (Å²) in [6, 6.07) is 1.33. The van der Waals surface area contributed by atoms with Crippen molar-refractivity contribution in [3.05, 3.63) is 18.5 Å². The molecule has 90 valence electrons. The lowest BCUT2D eigenvalue weighted by atomic mass is 10.2. The number of sulfonamides is 1. The van der Waals surface area contributed by atoms with Crippen LogP contribution in [0.3, 0.4) is 0 Å². The van der Waals surface area contributed by atoms with Gasteiger partial charge in [0.15, 0.2) is 0 Å². The van der Waals surface area contributed by atoms with Gasteiger partial charge in [-0.2, -0.15) is 4.31 Å². The summed E-state index contributed by atoms with van der Waals surface area (Å²) in [4.78, 5) is 0.301. The van der Waals surface area contributed by atoms with Gasteiger partial charge in [0.05, 0.1) is 11.5 Å². The zero-order valence-electron chi connectivity index (χ0n) is 9.20. The smallest absolute Gasteiger partial charge is 0.244 e. The number of aliphatic hydroxyl groups is 1. The normalized spacial score (nSPS) is 22.8. The molecule has 5 nitrogen and oxygen atoms in total. The first-order chi connectivity index (χ1) is 7.55. The summed E-state index contributed by atoms with van der Waals surface area (Å²) < 4.78 is 27.5. The van der Waals surface area contributed by atoms with Gasteiger partial charge in [-0.25, -0.2) is 8.42 Å². The molecule has 1 aromatic heterocycles. The molecule has 0 radical (unpaired) electrons. The van der Waals surface area contributed by atoms with E-state index >= 15 is 0 Å². The van der Waals surface area contributed by atoms with Crippen LogP contribution in [0.5, 0.6) is 0 Å². The molecule has 1 unspecified atom stereocenters. The van der Waals surface area contributed by atoms with Crippen molar-refractivity contribution in [2.24, 2.45) is 7.05 Å². The predicted molar refractivity (Wildman–Crippen MR) is 59.4 cm³/mol. The van der Waals surface area contributed by atoms with Crippen LogP contribution in [-0.2, 0) is 17.1 Å². The Kier molecular flexibility index (Phi) is 3.05. The number of aromatic nitrogens is 1. The Bertz CT molecular complexity index is 466. The van der Waals surface area contributed by atoms with Crippen LogP contribution >= 0.6 is 0 Å². The van der Waals surface area contributed by atoms with E-state index < -0.39 is 10.0 Å². The number of aliphatic hydroxyl groups excluding tert-OH is 1. The molecule has 2 rings (SSSR count). The molecule has 1 aliphatic heterocycles. The van der Waals surface area contributed by atoms with Crippen LogP contribution in [0.25, 0.3) is 0 Å². The second kappa shape index (κ2) is 4.20. The van der Waals surface area contributed by atoms with Crippen molar-refractivity contribution < 1.29 is 13.5 Å². The standard InChI is InChI=1S/C10H16N2O3S/c1-11-6-4-10(7-11)16(14,15)12-5-2-3-9(12)8-13/h4,6-7,9,13H,2-3,5,8H2,1H3. The molecule has 16 heavy (non-hydrogen) atoms. The Morgan fingerprint density at radius 2 is 2.31 bits per heavy atom. The van der Waals surface area contributed by atoms with Crippen LogP contribution in [0.2, 0.25) is 0 Å². The predicted octanol–water partition coefficient (Wildman–Crippen LogP) is 0.171. The summed E-state index contributed by atoms with van der Waals surface area (Å²) >= 11 is 0. The van der Waals surface area contributed by atoms with E-state index in [1.807, 2.05) is 0 Å². The van der Waals surface area contributed by atoms with Crippen LogP contribution in [0.15, 0.2) is 23.4 Å². The van der Waals surface area contributed by atoms with Gasteiger partial charge in [-0.05, 0) is 18.9 Å². The molecule has 6 heteroatoms. The lowest BCUT2D eigenvalue weighted by molar-refractivity contribution is 0.213. The number of hydrogen-bond acceptors (Lipinski definition) is 3. The molecule has 2 heterocycles. The first kappa shape index (κ1) is 11.6. The Morgan fingerprint density at radius 3 is 2.88 bits per heavy atom. The maximum atomic E-state index is 12.2. The molecular weight excluding hydrogens is 228 g/mol. The molecule has 0 saturated carbocycles. The number of hydrogen-bond donors (Lipinski definition) is 1. The summed E-state index contributed by atoms with van der Waals surface area (Å²) in [5, 5.41) is 9.14. The molecule has 0 bridgehead atoms. The summed E-state index contributed by atoms with van der Waals surface area (Å²) in [5.41, 5.74) is 0. The van der Waals surface area contributed by atoms with Crippen molar-refractivity contribution in [3.8, 4) is 0 Å². The van der Waals surface area contributed by atoms with Gasteiger partial charge in [0.2, 0.25) is 10.0 Å². The van der Waals surface area contributed by atoms with Crippen molar-refractivity contribution in [2.45, 2.75) is 23.8 Å². The second-order valence-electron chi connectivity index (χ2n) is 4.11. The first-order valence-corrected chi connectivity index (χ1v) is 6.74. The van der Waals surface area contributed by atoms with Gasteiger partial charge in [-0.3, -0.25) is 0 Å². The highest BCUT2D eigenvalue weighted by Crippen LogP contribution is 2.25. The van der Waals surface area contributed by atoms with Crippen LogP contribution in [-0.4, -0.2) is 41.6 Å². The van der Waals surface area contributed by atoms with E-state index in [9.17, 15) is 8.42 Å². The molecule has 0 aromatic carbocycles. The van der Waals surface area contributed by atoms with Crippen molar-refractivity contribution in [3.63, 3.8) is 0 Å². The third-order valence-corrected chi connectivity index (χ3v) is 4.88. The van der Waals surface area contributed by atoms with Crippen LogP contribution < -0.4 is 0 Å². The monoisotopic (exact) mass is 244 g/mol. The van der Waals surface area contributed by atoms with E-state index in [2.05, 4.69) is 0 Å². The third-order valence-electron chi connectivity index (χ3n) is 2.95. The highest BCUT2D eigenvalue weighted by atomic mass is 32.2. The van der Waals surface area contributed by atoms with Gasteiger partial charge in [0.25, 0.3) is 0 Å². The Hall–Kier alpha value is -0.850. The van der Waals surface area contributed by atoms with Gasteiger partial charge in [0, 0.05) is 32.0 Å². The van der Waals surface area contributed by atoms with Crippen molar-refractivity contribution >= 4 is 10.0 Å². The Morgan fingerprint density at radius 1 is 1.56 bits per heavy atom. The maximum absolute atomic E-state index is 12.2. The van der Waals surface area contributed by atoms with E-state index in [1.165, 1.54) is 4.31 Å². The Labute approximate surface area is 95.3 Å². The summed E-state index contributed by atoms with van der Waals surface area (Å²) in [6.45, 7) is 0.397. The minimum atomic E-state index is -3.43. The average Bonchev–Trinajstić information content (AvgIpc) is 2.85. The minimum Gasteiger partial charge on any atom is -0.395 e. The van der Waals surface area contributed by atoms with Gasteiger partial charge >= 0.3 is 0 Å². The van der Waals surface area contributed by atoms with Gasteiger partial charge in [0.1, 0.15) is 0 Å². The Balaban J connectivity index is 2.32. The van der Waals surface area contributed by atoms with Crippen molar-refractivity contribution in [1.82, 2.24) is 8.87 Å². The van der Waals surface area contributed by atoms with Crippen LogP contribution in [0, 0.1) is 0 Å². The van der Waals surface area contributed by atoms with Crippen LogP contribution in [0.1, 0.15) is 12.8 Å². The summed E-state index contributed by atoms with van der Waals surface area (Å²) in [6.07, 6.45) is 4.85. The van der Waals surface area contributed by atoms with Gasteiger partial charge < -0.3 is 9.67 Å². The number of nitrogens with zero attached hydrogens (tertiary/aromatic N) is 2. The topological polar surface area (TPSA) is 62.5 Å². The molecule has 0 aliphatic carbocycles. The highest BCUT2D eigenvalue weighted by molar-refractivity contribution is 7.89. The quantitative estimate of drug-likeness (QED) is 0.824. The van der Waals surface area contributed by atoms with E-state index in [4.69, 9.17) is 5.11 Å². The lowest BCUT2D eigenvalue weighted by Gasteiger charge is -2.21. The van der Waals surface area contributed by atoms with Crippen LogP contribution in [0.4, 0.5) is 0 Å². The maximum Gasteiger partial charge on any atom is 0.244 e. The number of rotatable bonds is 3. The van der Waals surface area contributed by atoms with Gasteiger partial charge in [-0.1, -0.05) is 0 Å². The molecule has 1 fully saturated rings. The SMILES string of the molecule is Cn1ccc(S(=O)(=O)N2CCCC2CO)c1. The molecule has 1 aliphatic rings. The molecule has 1 saturated heterocycles. The van der Waals surface area contributed by atoms with E-state index in [-0.39, 0.29) is 12.6 Å². The average molecular weight is 244 g/mol. The molecule has 1 aromatic rings. The van der Waals surface area contributed by atoms with E-state index in [0.717, 1.165) is 12.8 Å². The zero-order valence-corrected chi connectivity index (χ0v) is 10.0. The summed E-state index contributed by atoms with van der Waals surface area (Å²) in [5.74, 6) is 0.